The van der Waals surface area contributed by atoms with Gasteiger partial charge in [-0.05, 0) is 23.1 Å². The molecule has 0 spiro atoms. The van der Waals surface area contributed by atoms with E-state index in [-0.39, 0.29) is 0 Å². The van der Waals surface area contributed by atoms with E-state index >= 15 is 0 Å². The van der Waals surface area contributed by atoms with Crippen LogP contribution in [-0.4, -0.2) is 24.1 Å². The molecule has 0 saturated carbocycles. The number of hydrogen-bond donors (Lipinski definition) is 1. The van der Waals surface area contributed by atoms with Gasteiger partial charge in [0.2, 0.25) is 0 Å². The van der Waals surface area contributed by atoms with Crippen LogP contribution in [0.15, 0.2) is 55.1 Å². The summed E-state index contributed by atoms with van der Waals surface area (Å²) in [4.78, 5) is 10.5. The maximum absolute atomic E-state index is 4.20. The van der Waals surface area contributed by atoms with Gasteiger partial charge < -0.3 is 10.2 Å². The van der Waals surface area contributed by atoms with Crippen LogP contribution >= 0.6 is 0 Å². The number of hydrogen-bond acceptors (Lipinski definition) is 4. The van der Waals surface area contributed by atoms with Crippen molar-refractivity contribution in [3.63, 3.8) is 0 Å². The summed E-state index contributed by atoms with van der Waals surface area (Å²) < 4.78 is 0. The van der Waals surface area contributed by atoms with Crippen LogP contribution in [0.25, 0.3) is 10.8 Å². The Bertz CT molecular complexity index is 747. The van der Waals surface area contributed by atoms with Crippen molar-refractivity contribution in [3.05, 3.63) is 60.7 Å². The Morgan fingerprint density at radius 2 is 1.81 bits per heavy atom. The van der Waals surface area contributed by atoms with E-state index in [4.69, 9.17) is 0 Å². The normalized spacial score (nSPS) is 10.6. The Kier molecular flexibility index (Phi) is 3.69. The fourth-order valence-electron chi connectivity index (χ4n) is 2.45. The molecule has 2 aromatic heterocycles. The quantitative estimate of drug-likeness (QED) is 0.795. The highest BCUT2D eigenvalue weighted by molar-refractivity contribution is 5.85. The van der Waals surface area contributed by atoms with Gasteiger partial charge in [0.1, 0.15) is 0 Å². The van der Waals surface area contributed by atoms with Crippen LogP contribution in [0.4, 0.5) is 11.4 Å². The van der Waals surface area contributed by atoms with Crippen molar-refractivity contribution in [1.82, 2.24) is 9.97 Å². The van der Waals surface area contributed by atoms with E-state index < -0.39 is 0 Å². The molecule has 0 amide bonds. The van der Waals surface area contributed by atoms with E-state index in [1.54, 1.807) is 0 Å². The summed E-state index contributed by atoms with van der Waals surface area (Å²) in [5.41, 5.74) is 3.42. The van der Waals surface area contributed by atoms with E-state index in [0.717, 1.165) is 23.3 Å². The van der Waals surface area contributed by atoms with Crippen molar-refractivity contribution < 1.29 is 0 Å². The topological polar surface area (TPSA) is 41.1 Å². The maximum Gasteiger partial charge on any atom is 0.0766 e. The minimum Gasteiger partial charge on any atom is -0.378 e. The van der Waals surface area contributed by atoms with E-state index in [1.807, 2.05) is 44.9 Å². The molecule has 0 aliphatic carbocycles. The highest BCUT2D eigenvalue weighted by atomic mass is 15.1. The molecule has 2 heterocycles. The summed E-state index contributed by atoms with van der Waals surface area (Å²) in [7, 11) is 4.06. The summed E-state index contributed by atoms with van der Waals surface area (Å²) in [5.74, 6) is 0. The number of benzene rings is 1. The molecule has 4 nitrogen and oxygen atoms in total. The molecule has 4 heteroatoms. The molecular formula is C17H18N4. The Hall–Kier alpha value is -2.62. The molecule has 0 radical (unpaired) electrons. The second-order valence-electron chi connectivity index (χ2n) is 5.15. The third-order valence-electron chi connectivity index (χ3n) is 3.52. The van der Waals surface area contributed by atoms with E-state index in [0.29, 0.717) is 0 Å². The monoisotopic (exact) mass is 278 g/mol. The zero-order chi connectivity index (χ0) is 14.7. The first-order valence-electron chi connectivity index (χ1n) is 6.92. The van der Waals surface area contributed by atoms with Gasteiger partial charge in [0.15, 0.2) is 0 Å². The molecule has 0 unspecified atom stereocenters. The minimum atomic E-state index is 0.758. The second kappa shape index (κ2) is 5.79. The molecular weight excluding hydrogens is 260 g/mol. The third-order valence-corrected chi connectivity index (χ3v) is 3.52. The fraction of sp³-hybridized carbons (Fsp3) is 0.176. The van der Waals surface area contributed by atoms with Crippen molar-refractivity contribution in [3.8, 4) is 0 Å². The van der Waals surface area contributed by atoms with E-state index in [1.165, 1.54) is 10.9 Å². The van der Waals surface area contributed by atoms with Gasteiger partial charge in [0, 0.05) is 44.6 Å². The summed E-state index contributed by atoms with van der Waals surface area (Å²) in [6.45, 7) is 0.758. The Labute approximate surface area is 124 Å². The maximum atomic E-state index is 4.20. The lowest BCUT2D eigenvalue weighted by Gasteiger charge is -2.18. The number of aromatic nitrogens is 2. The first-order valence-corrected chi connectivity index (χ1v) is 6.92. The van der Waals surface area contributed by atoms with Gasteiger partial charge in [0.05, 0.1) is 17.6 Å². The van der Waals surface area contributed by atoms with Crippen LogP contribution in [-0.2, 0) is 6.54 Å². The highest BCUT2D eigenvalue weighted by Gasteiger charge is 2.05. The van der Waals surface area contributed by atoms with Crippen LogP contribution < -0.4 is 10.2 Å². The smallest absolute Gasteiger partial charge is 0.0766 e. The molecule has 3 rings (SSSR count). The van der Waals surface area contributed by atoms with Gasteiger partial charge in [-0.3, -0.25) is 9.97 Å². The van der Waals surface area contributed by atoms with Crippen molar-refractivity contribution in [1.29, 1.82) is 0 Å². The van der Waals surface area contributed by atoms with Gasteiger partial charge in [-0.25, -0.2) is 0 Å². The van der Waals surface area contributed by atoms with Gasteiger partial charge in [-0.2, -0.15) is 0 Å². The summed E-state index contributed by atoms with van der Waals surface area (Å²) in [6.07, 6.45) is 7.40. The second-order valence-corrected chi connectivity index (χ2v) is 5.15. The van der Waals surface area contributed by atoms with E-state index in [2.05, 4.69) is 44.5 Å². The number of fused-ring (bicyclic) bond motifs is 1. The van der Waals surface area contributed by atoms with E-state index in [9.17, 15) is 0 Å². The molecule has 21 heavy (non-hydrogen) atoms. The van der Waals surface area contributed by atoms with Crippen LogP contribution in [0.1, 0.15) is 5.56 Å². The number of anilines is 2. The first kappa shape index (κ1) is 13.4. The lowest BCUT2D eigenvalue weighted by molar-refractivity contribution is 1.09. The average Bonchev–Trinajstić information content (AvgIpc) is 2.53. The molecule has 0 fully saturated rings. The lowest BCUT2D eigenvalue weighted by Crippen LogP contribution is -2.12. The molecule has 0 atom stereocenters. The molecule has 0 aliphatic rings. The Balaban J connectivity index is 1.87. The van der Waals surface area contributed by atoms with Crippen molar-refractivity contribution >= 4 is 22.1 Å². The fourth-order valence-corrected chi connectivity index (χ4v) is 2.45. The summed E-state index contributed by atoms with van der Waals surface area (Å²) >= 11 is 0. The predicted octanol–water partition coefficient (Wildman–Crippen LogP) is 3.31. The number of nitrogens with one attached hydrogen (secondary N) is 1. The number of nitrogens with zero attached hydrogens (tertiary/aromatic N) is 3. The van der Waals surface area contributed by atoms with Crippen LogP contribution in [0.3, 0.4) is 0 Å². The molecule has 1 N–H and O–H groups in total. The molecule has 1 aromatic carbocycles. The zero-order valence-electron chi connectivity index (χ0n) is 12.2. The standard InChI is InChI=1S/C17H18N4/c1-21(2)17-7-9-19-12-16(17)20-11-14-5-3-4-13-10-18-8-6-15(13)14/h3-10,12,20H,11H2,1-2H3. The summed E-state index contributed by atoms with van der Waals surface area (Å²) in [6, 6.07) is 10.4. The van der Waals surface area contributed by atoms with Crippen molar-refractivity contribution in [2.24, 2.45) is 0 Å². The van der Waals surface area contributed by atoms with Gasteiger partial charge in [-0.1, -0.05) is 18.2 Å². The predicted molar refractivity (Wildman–Crippen MR) is 87.6 cm³/mol. The van der Waals surface area contributed by atoms with Gasteiger partial charge >= 0.3 is 0 Å². The molecule has 3 aromatic rings. The lowest BCUT2D eigenvalue weighted by atomic mass is 10.1. The molecule has 0 aliphatic heterocycles. The molecule has 0 bridgehead atoms. The Morgan fingerprint density at radius 1 is 1.00 bits per heavy atom. The van der Waals surface area contributed by atoms with Crippen molar-refractivity contribution in [2.75, 3.05) is 24.3 Å². The average molecular weight is 278 g/mol. The van der Waals surface area contributed by atoms with Crippen LogP contribution in [0.5, 0.6) is 0 Å². The highest BCUT2D eigenvalue weighted by Crippen LogP contribution is 2.24. The number of rotatable bonds is 4. The Morgan fingerprint density at radius 3 is 2.67 bits per heavy atom. The van der Waals surface area contributed by atoms with Gasteiger partial charge in [0.25, 0.3) is 0 Å². The SMILES string of the molecule is CN(C)c1ccncc1NCc1cccc2cnccc12. The summed E-state index contributed by atoms with van der Waals surface area (Å²) in [5, 5.41) is 5.87. The largest absolute Gasteiger partial charge is 0.378 e. The van der Waals surface area contributed by atoms with Crippen LogP contribution in [0, 0.1) is 0 Å². The first-order chi connectivity index (χ1) is 10.3. The zero-order valence-corrected chi connectivity index (χ0v) is 12.2. The van der Waals surface area contributed by atoms with Crippen molar-refractivity contribution in [2.45, 2.75) is 6.54 Å². The molecule has 0 saturated heterocycles. The number of pyridine rings is 2. The molecule has 106 valence electrons. The van der Waals surface area contributed by atoms with Crippen LogP contribution in [0.2, 0.25) is 0 Å². The third kappa shape index (κ3) is 2.79. The minimum absolute atomic E-state index is 0.758. The van der Waals surface area contributed by atoms with Gasteiger partial charge in [-0.15, -0.1) is 0 Å².